The Morgan fingerprint density at radius 2 is 1.82 bits per heavy atom. The Morgan fingerprint density at radius 1 is 1.18 bits per heavy atom. The van der Waals surface area contributed by atoms with Crippen molar-refractivity contribution in [3.8, 4) is 0 Å². The van der Waals surface area contributed by atoms with Gasteiger partial charge in [-0.1, -0.05) is 44.2 Å². The van der Waals surface area contributed by atoms with Gasteiger partial charge in [-0.15, -0.1) is 0 Å². The summed E-state index contributed by atoms with van der Waals surface area (Å²) in [6, 6.07) is 10.4. The number of ether oxygens (including phenoxy) is 2. The summed E-state index contributed by atoms with van der Waals surface area (Å²) in [6.07, 6.45) is 1.01. The Balaban J connectivity index is 2.07. The van der Waals surface area contributed by atoms with Crippen LogP contribution in [0.3, 0.4) is 0 Å². The molecule has 0 aromatic heterocycles. The van der Waals surface area contributed by atoms with Gasteiger partial charge in [0.15, 0.2) is 5.79 Å². The molecule has 0 radical (unpaired) electrons. The van der Waals surface area contributed by atoms with E-state index >= 15 is 0 Å². The van der Waals surface area contributed by atoms with Crippen LogP contribution in [0.5, 0.6) is 0 Å². The van der Waals surface area contributed by atoms with E-state index in [1.807, 2.05) is 13.0 Å². The number of benzene rings is 1. The molecule has 94 valence electrons. The molecule has 0 amide bonds. The zero-order chi connectivity index (χ0) is 12.5. The molecule has 2 atom stereocenters. The van der Waals surface area contributed by atoms with Crippen molar-refractivity contribution in [1.82, 2.24) is 0 Å². The highest BCUT2D eigenvalue weighted by Crippen LogP contribution is 2.36. The highest BCUT2D eigenvalue weighted by molar-refractivity contribution is 5.16. The molecular formula is C15H22O2. The first-order chi connectivity index (χ1) is 7.91. The maximum atomic E-state index is 6.07. The maximum absolute atomic E-state index is 6.07. The van der Waals surface area contributed by atoms with Gasteiger partial charge in [0.25, 0.3) is 0 Å². The van der Waals surface area contributed by atoms with Gasteiger partial charge in [-0.2, -0.15) is 0 Å². The van der Waals surface area contributed by atoms with Gasteiger partial charge in [0.1, 0.15) is 0 Å². The van der Waals surface area contributed by atoms with Gasteiger partial charge in [0.05, 0.1) is 12.7 Å². The van der Waals surface area contributed by atoms with E-state index in [4.69, 9.17) is 9.47 Å². The summed E-state index contributed by atoms with van der Waals surface area (Å²) in [5.74, 6) is -0.490. The topological polar surface area (TPSA) is 18.5 Å². The normalized spacial score (nSPS) is 32.4. The number of hydrogen-bond donors (Lipinski definition) is 0. The molecule has 0 N–H and O–H groups in total. The van der Waals surface area contributed by atoms with Crippen molar-refractivity contribution in [3.63, 3.8) is 0 Å². The molecule has 1 aliphatic heterocycles. The lowest BCUT2D eigenvalue weighted by atomic mass is 9.86. The van der Waals surface area contributed by atoms with Crippen LogP contribution < -0.4 is 0 Å². The summed E-state index contributed by atoms with van der Waals surface area (Å²) in [5.41, 5.74) is 1.35. The van der Waals surface area contributed by atoms with Crippen LogP contribution in [0.2, 0.25) is 0 Å². The van der Waals surface area contributed by atoms with Crippen molar-refractivity contribution >= 4 is 0 Å². The molecule has 1 aromatic carbocycles. The second kappa shape index (κ2) is 4.43. The van der Waals surface area contributed by atoms with E-state index in [9.17, 15) is 0 Å². The van der Waals surface area contributed by atoms with Gasteiger partial charge in [0, 0.05) is 11.8 Å². The van der Waals surface area contributed by atoms with Gasteiger partial charge in [-0.3, -0.25) is 0 Å². The third-order valence-corrected chi connectivity index (χ3v) is 3.64. The first-order valence-electron chi connectivity index (χ1n) is 6.27. The van der Waals surface area contributed by atoms with Gasteiger partial charge in [-0.05, 0) is 19.4 Å². The third kappa shape index (κ3) is 2.88. The minimum Gasteiger partial charge on any atom is -0.349 e. The molecule has 0 saturated carbocycles. The maximum Gasteiger partial charge on any atom is 0.169 e. The molecule has 1 fully saturated rings. The summed E-state index contributed by atoms with van der Waals surface area (Å²) in [6.45, 7) is 9.27. The van der Waals surface area contributed by atoms with E-state index in [2.05, 4.69) is 45.0 Å². The standard InChI is InChI=1S/C15H22O2/c1-12-14(2,3)11-16-15(4,17-12)10-13-8-6-5-7-9-13/h5-9,12H,10-11H2,1-4H3/t12-,15+/m1/s1. The van der Waals surface area contributed by atoms with Crippen LogP contribution >= 0.6 is 0 Å². The second-order valence-corrected chi connectivity index (χ2v) is 5.83. The molecule has 17 heavy (non-hydrogen) atoms. The average molecular weight is 234 g/mol. The van der Waals surface area contributed by atoms with Crippen LogP contribution in [0.4, 0.5) is 0 Å². The van der Waals surface area contributed by atoms with Crippen LogP contribution in [0, 0.1) is 5.41 Å². The fourth-order valence-electron chi connectivity index (χ4n) is 2.08. The molecule has 0 unspecified atom stereocenters. The van der Waals surface area contributed by atoms with E-state index in [1.165, 1.54) is 5.56 Å². The van der Waals surface area contributed by atoms with Gasteiger partial charge in [0.2, 0.25) is 0 Å². The zero-order valence-electron chi connectivity index (χ0n) is 11.2. The number of hydrogen-bond acceptors (Lipinski definition) is 2. The largest absolute Gasteiger partial charge is 0.349 e. The molecule has 1 aromatic rings. The predicted octanol–water partition coefficient (Wildman–Crippen LogP) is 3.41. The molecule has 2 nitrogen and oxygen atoms in total. The minimum atomic E-state index is -0.490. The van der Waals surface area contributed by atoms with E-state index in [0.29, 0.717) is 0 Å². The van der Waals surface area contributed by atoms with E-state index in [0.717, 1.165) is 13.0 Å². The lowest BCUT2D eigenvalue weighted by Crippen LogP contribution is -2.51. The smallest absolute Gasteiger partial charge is 0.169 e. The Bertz CT molecular complexity index is 372. The summed E-state index contributed by atoms with van der Waals surface area (Å²) >= 11 is 0. The quantitative estimate of drug-likeness (QED) is 0.780. The lowest BCUT2D eigenvalue weighted by molar-refractivity contribution is -0.315. The van der Waals surface area contributed by atoms with E-state index < -0.39 is 5.79 Å². The summed E-state index contributed by atoms with van der Waals surface area (Å²) in [7, 11) is 0. The third-order valence-electron chi connectivity index (χ3n) is 3.64. The Kier molecular flexibility index (Phi) is 3.28. The summed E-state index contributed by atoms with van der Waals surface area (Å²) in [4.78, 5) is 0. The monoisotopic (exact) mass is 234 g/mol. The van der Waals surface area contributed by atoms with Gasteiger partial charge < -0.3 is 9.47 Å². The number of rotatable bonds is 2. The molecule has 1 heterocycles. The molecule has 0 bridgehead atoms. The lowest BCUT2D eigenvalue weighted by Gasteiger charge is -2.46. The minimum absolute atomic E-state index is 0.0935. The fourth-order valence-corrected chi connectivity index (χ4v) is 2.08. The van der Waals surface area contributed by atoms with Crippen molar-refractivity contribution in [2.75, 3.05) is 6.61 Å². The second-order valence-electron chi connectivity index (χ2n) is 5.83. The molecule has 2 heteroatoms. The zero-order valence-corrected chi connectivity index (χ0v) is 11.2. The van der Waals surface area contributed by atoms with E-state index in [-0.39, 0.29) is 11.5 Å². The Morgan fingerprint density at radius 3 is 2.41 bits per heavy atom. The van der Waals surface area contributed by atoms with Crippen LogP contribution in [0.25, 0.3) is 0 Å². The summed E-state index contributed by atoms with van der Waals surface area (Å²) < 4.78 is 12.0. The predicted molar refractivity (Wildman–Crippen MR) is 68.8 cm³/mol. The van der Waals surface area contributed by atoms with Gasteiger partial charge in [-0.25, -0.2) is 0 Å². The molecule has 2 rings (SSSR count). The fraction of sp³-hybridized carbons (Fsp3) is 0.600. The van der Waals surface area contributed by atoms with Crippen LogP contribution in [-0.2, 0) is 15.9 Å². The van der Waals surface area contributed by atoms with Crippen LogP contribution in [-0.4, -0.2) is 18.5 Å². The average Bonchev–Trinajstić information content (AvgIpc) is 2.26. The Hall–Kier alpha value is -0.860. The molecular weight excluding hydrogens is 212 g/mol. The van der Waals surface area contributed by atoms with Crippen LogP contribution in [0.15, 0.2) is 30.3 Å². The Labute approximate surface area is 104 Å². The summed E-state index contributed by atoms with van der Waals surface area (Å²) in [5, 5.41) is 0. The van der Waals surface area contributed by atoms with Crippen molar-refractivity contribution in [1.29, 1.82) is 0 Å². The molecule has 0 aliphatic carbocycles. The van der Waals surface area contributed by atoms with Crippen LogP contribution in [0.1, 0.15) is 33.3 Å². The highest BCUT2D eigenvalue weighted by atomic mass is 16.7. The van der Waals surface area contributed by atoms with Crippen molar-refractivity contribution < 1.29 is 9.47 Å². The first-order valence-corrected chi connectivity index (χ1v) is 6.27. The molecule has 1 aliphatic rings. The molecule has 0 spiro atoms. The van der Waals surface area contributed by atoms with Crippen molar-refractivity contribution in [2.45, 2.75) is 46.0 Å². The SMILES string of the molecule is C[C@H]1O[C@@](C)(Cc2ccccc2)OCC1(C)C. The van der Waals surface area contributed by atoms with Gasteiger partial charge >= 0.3 is 0 Å². The van der Waals surface area contributed by atoms with Crippen molar-refractivity contribution in [2.24, 2.45) is 5.41 Å². The van der Waals surface area contributed by atoms with E-state index in [1.54, 1.807) is 0 Å². The van der Waals surface area contributed by atoms with Crippen molar-refractivity contribution in [3.05, 3.63) is 35.9 Å². The highest BCUT2D eigenvalue weighted by Gasteiger charge is 2.41. The first kappa shape index (κ1) is 12.6. The molecule has 1 saturated heterocycles.